The lowest BCUT2D eigenvalue weighted by molar-refractivity contribution is 0.0963. The van der Waals surface area contributed by atoms with E-state index >= 15 is 0 Å². The van der Waals surface area contributed by atoms with Gasteiger partial charge in [-0.2, -0.15) is 0 Å². The number of carbonyl (C=O) groups is 1. The van der Waals surface area contributed by atoms with Crippen molar-refractivity contribution >= 4 is 22.2 Å². The number of carbonyl (C=O) groups excluding carboxylic acids is 1. The first-order valence-electron chi connectivity index (χ1n) is 5.79. The molecule has 0 spiro atoms. The average molecular weight is 238 g/mol. The highest BCUT2D eigenvalue weighted by atomic mass is 32.1. The minimum absolute atomic E-state index is 0.0371. The molecule has 3 nitrogen and oxygen atoms in total. The molecule has 0 aliphatic heterocycles. The fourth-order valence-corrected chi connectivity index (χ4v) is 3.63. The maximum absolute atomic E-state index is 11.7. The predicted octanol–water partition coefficient (Wildman–Crippen LogP) is 2.20. The van der Waals surface area contributed by atoms with Crippen LogP contribution >= 0.6 is 11.3 Å². The number of nitrogens with one attached hydrogen (secondary N) is 1. The van der Waals surface area contributed by atoms with Gasteiger partial charge in [0.05, 0.1) is 10.6 Å². The Bertz CT molecular complexity index is 411. The minimum atomic E-state index is -0.0371. The SMILES string of the molecule is CCC1CCc2c(sc(N)c2C(=O)NC)C1. The molecule has 1 amide bonds. The number of nitrogens with two attached hydrogens (primary N) is 1. The van der Waals surface area contributed by atoms with E-state index in [1.165, 1.54) is 23.3 Å². The van der Waals surface area contributed by atoms with Gasteiger partial charge < -0.3 is 11.1 Å². The van der Waals surface area contributed by atoms with Gasteiger partial charge in [0.2, 0.25) is 0 Å². The van der Waals surface area contributed by atoms with E-state index in [9.17, 15) is 4.79 Å². The maximum Gasteiger partial charge on any atom is 0.254 e. The Kier molecular flexibility index (Phi) is 3.19. The van der Waals surface area contributed by atoms with Crippen LogP contribution in [0.25, 0.3) is 0 Å². The first kappa shape index (κ1) is 11.5. The first-order chi connectivity index (χ1) is 7.67. The fraction of sp³-hybridized carbons (Fsp3) is 0.583. The lowest BCUT2D eigenvalue weighted by Gasteiger charge is -2.20. The summed E-state index contributed by atoms with van der Waals surface area (Å²) in [6, 6.07) is 0. The van der Waals surface area contributed by atoms with Crippen LogP contribution in [0.1, 0.15) is 40.6 Å². The normalized spacial score (nSPS) is 19.2. The summed E-state index contributed by atoms with van der Waals surface area (Å²) in [7, 11) is 1.66. The summed E-state index contributed by atoms with van der Waals surface area (Å²) in [6.07, 6.45) is 4.50. The molecule has 16 heavy (non-hydrogen) atoms. The highest BCUT2D eigenvalue weighted by Gasteiger charge is 2.26. The van der Waals surface area contributed by atoms with Crippen molar-refractivity contribution in [1.29, 1.82) is 0 Å². The molecule has 3 N–H and O–H groups in total. The van der Waals surface area contributed by atoms with Crippen molar-refractivity contribution in [3.8, 4) is 0 Å². The van der Waals surface area contributed by atoms with Gasteiger partial charge in [0.25, 0.3) is 5.91 Å². The van der Waals surface area contributed by atoms with Crippen LogP contribution in [0.15, 0.2) is 0 Å². The van der Waals surface area contributed by atoms with E-state index in [1.807, 2.05) is 0 Å². The average Bonchev–Trinajstić information content (AvgIpc) is 2.62. The molecule has 1 aliphatic carbocycles. The Labute approximate surface area is 100 Å². The number of amides is 1. The number of hydrogen-bond acceptors (Lipinski definition) is 3. The molecule has 0 saturated heterocycles. The smallest absolute Gasteiger partial charge is 0.254 e. The third-order valence-corrected chi connectivity index (χ3v) is 4.51. The zero-order valence-corrected chi connectivity index (χ0v) is 10.6. The number of rotatable bonds is 2. The van der Waals surface area contributed by atoms with Crippen LogP contribution in [0.3, 0.4) is 0 Å². The summed E-state index contributed by atoms with van der Waals surface area (Å²) < 4.78 is 0. The van der Waals surface area contributed by atoms with Crippen molar-refractivity contribution in [2.45, 2.75) is 32.6 Å². The number of anilines is 1. The molecule has 4 heteroatoms. The Balaban J connectivity index is 2.36. The van der Waals surface area contributed by atoms with Crippen molar-refractivity contribution in [3.05, 3.63) is 16.0 Å². The van der Waals surface area contributed by atoms with E-state index < -0.39 is 0 Å². The molecule has 0 aromatic carbocycles. The first-order valence-corrected chi connectivity index (χ1v) is 6.61. The van der Waals surface area contributed by atoms with Crippen LogP contribution in [-0.2, 0) is 12.8 Å². The number of hydrogen-bond donors (Lipinski definition) is 2. The van der Waals surface area contributed by atoms with Crippen molar-refractivity contribution in [3.63, 3.8) is 0 Å². The van der Waals surface area contributed by atoms with E-state index in [2.05, 4.69) is 12.2 Å². The van der Waals surface area contributed by atoms with E-state index in [0.29, 0.717) is 5.00 Å². The Morgan fingerprint density at radius 3 is 3.00 bits per heavy atom. The van der Waals surface area contributed by atoms with Gasteiger partial charge in [0.1, 0.15) is 0 Å². The second-order valence-corrected chi connectivity index (χ2v) is 5.48. The third kappa shape index (κ3) is 1.82. The minimum Gasteiger partial charge on any atom is -0.390 e. The van der Waals surface area contributed by atoms with Crippen LogP contribution in [-0.4, -0.2) is 13.0 Å². The molecular formula is C12H18N2OS. The maximum atomic E-state index is 11.7. The number of fused-ring (bicyclic) bond motifs is 1. The zero-order valence-electron chi connectivity index (χ0n) is 9.80. The highest BCUT2D eigenvalue weighted by molar-refractivity contribution is 7.16. The number of nitrogen functional groups attached to an aromatic ring is 1. The zero-order chi connectivity index (χ0) is 11.7. The fourth-order valence-electron chi connectivity index (χ4n) is 2.40. The van der Waals surface area contributed by atoms with Gasteiger partial charge in [-0.15, -0.1) is 11.3 Å². The van der Waals surface area contributed by atoms with E-state index in [4.69, 9.17) is 5.73 Å². The molecule has 1 atom stereocenters. The van der Waals surface area contributed by atoms with Gasteiger partial charge >= 0.3 is 0 Å². The molecule has 0 fully saturated rings. The lowest BCUT2D eigenvalue weighted by atomic mass is 9.85. The molecule has 2 rings (SSSR count). The van der Waals surface area contributed by atoms with Gasteiger partial charge in [-0.3, -0.25) is 4.79 Å². The van der Waals surface area contributed by atoms with Gasteiger partial charge in [0.15, 0.2) is 0 Å². The molecule has 1 heterocycles. The van der Waals surface area contributed by atoms with E-state index in [0.717, 1.165) is 24.3 Å². The summed E-state index contributed by atoms with van der Waals surface area (Å²) in [5.41, 5.74) is 7.88. The van der Waals surface area contributed by atoms with Gasteiger partial charge in [-0.1, -0.05) is 13.3 Å². The summed E-state index contributed by atoms with van der Waals surface area (Å²) in [6.45, 7) is 2.23. The van der Waals surface area contributed by atoms with Crippen LogP contribution < -0.4 is 11.1 Å². The summed E-state index contributed by atoms with van der Waals surface area (Å²) in [5.74, 6) is 0.730. The van der Waals surface area contributed by atoms with Crippen LogP contribution in [0.4, 0.5) is 5.00 Å². The topological polar surface area (TPSA) is 55.1 Å². The van der Waals surface area contributed by atoms with Crippen molar-refractivity contribution < 1.29 is 4.79 Å². The second kappa shape index (κ2) is 4.45. The largest absolute Gasteiger partial charge is 0.390 e. The molecule has 1 aromatic heterocycles. The van der Waals surface area contributed by atoms with E-state index in [1.54, 1.807) is 18.4 Å². The van der Waals surface area contributed by atoms with Gasteiger partial charge in [-0.05, 0) is 30.7 Å². The van der Waals surface area contributed by atoms with Gasteiger partial charge in [-0.25, -0.2) is 0 Å². The molecule has 88 valence electrons. The molecular weight excluding hydrogens is 220 g/mol. The Hall–Kier alpha value is -1.03. The van der Waals surface area contributed by atoms with Crippen LogP contribution in [0.5, 0.6) is 0 Å². The molecule has 0 saturated carbocycles. The lowest BCUT2D eigenvalue weighted by Crippen LogP contribution is -2.21. The highest BCUT2D eigenvalue weighted by Crippen LogP contribution is 2.38. The quantitative estimate of drug-likeness (QED) is 0.830. The third-order valence-electron chi connectivity index (χ3n) is 3.43. The number of thiophene rings is 1. The van der Waals surface area contributed by atoms with Crippen molar-refractivity contribution in [2.24, 2.45) is 5.92 Å². The molecule has 1 unspecified atom stereocenters. The second-order valence-electron chi connectivity index (χ2n) is 4.34. The van der Waals surface area contributed by atoms with Gasteiger partial charge in [0, 0.05) is 11.9 Å². The molecule has 1 aromatic rings. The Morgan fingerprint density at radius 1 is 1.62 bits per heavy atom. The van der Waals surface area contributed by atoms with E-state index in [-0.39, 0.29) is 5.91 Å². The molecule has 1 aliphatic rings. The summed E-state index contributed by atoms with van der Waals surface area (Å²) >= 11 is 1.60. The van der Waals surface area contributed by atoms with Crippen molar-refractivity contribution in [1.82, 2.24) is 5.32 Å². The standard InChI is InChI=1S/C12H18N2OS/c1-3-7-4-5-8-9(6-7)16-11(13)10(8)12(15)14-2/h7H,3-6,13H2,1-2H3,(H,14,15). The Morgan fingerprint density at radius 2 is 2.38 bits per heavy atom. The summed E-state index contributed by atoms with van der Waals surface area (Å²) in [5, 5.41) is 3.35. The predicted molar refractivity (Wildman–Crippen MR) is 67.9 cm³/mol. The van der Waals surface area contributed by atoms with Crippen molar-refractivity contribution in [2.75, 3.05) is 12.8 Å². The summed E-state index contributed by atoms with van der Waals surface area (Å²) in [4.78, 5) is 13.1. The monoisotopic (exact) mass is 238 g/mol. The van der Waals surface area contributed by atoms with Crippen LogP contribution in [0.2, 0.25) is 0 Å². The molecule has 0 radical (unpaired) electrons. The molecule has 0 bridgehead atoms. The van der Waals surface area contributed by atoms with Crippen LogP contribution in [0, 0.1) is 5.92 Å².